The van der Waals surface area contributed by atoms with Crippen molar-refractivity contribution >= 4 is 33.8 Å². The molecule has 0 radical (unpaired) electrons. The quantitative estimate of drug-likeness (QED) is 0.596. The number of anilines is 1. The summed E-state index contributed by atoms with van der Waals surface area (Å²) in [5.74, 6) is 0. The van der Waals surface area contributed by atoms with Gasteiger partial charge in [-0.05, 0) is 24.6 Å². The Labute approximate surface area is 150 Å². The van der Waals surface area contributed by atoms with Crippen LogP contribution in [-0.4, -0.2) is 10.7 Å². The first-order chi connectivity index (χ1) is 11.7. The number of hydrogen-bond acceptors (Lipinski definition) is 4. The van der Waals surface area contributed by atoms with Gasteiger partial charge in [0.25, 0.3) is 0 Å². The maximum atomic E-state index is 5.97. The molecule has 1 aromatic heterocycles. The lowest BCUT2D eigenvalue weighted by Gasteiger charge is -2.21. The molecule has 1 unspecified atom stereocenters. The van der Waals surface area contributed by atoms with Crippen LogP contribution >= 0.6 is 22.9 Å². The molecule has 1 aliphatic rings. The molecule has 0 spiro atoms. The number of aromatic nitrogens is 1. The first-order valence-electron chi connectivity index (χ1n) is 7.80. The first-order valence-corrected chi connectivity index (χ1v) is 9.06. The van der Waals surface area contributed by atoms with Gasteiger partial charge in [-0.15, -0.1) is 11.3 Å². The molecular formula is C19H16ClN3S. The van der Waals surface area contributed by atoms with Crippen LogP contribution in [0.3, 0.4) is 0 Å². The van der Waals surface area contributed by atoms with Gasteiger partial charge in [-0.3, -0.25) is 0 Å². The van der Waals surface area contributed by atoms with Gasteiger partial charge >= 0.3 is 0 Å². The SMILES string of the molecule is CC1=NN(c2nc(-c3ccc(Cl)cc3)cs2)C(c2ccccc2)C1. The summed E-state index contributed by atoms with van der Waals surface area (Å²) < 4.78 is 0. The molecule has 4 rings (SSSR count). The van der Waals surface area contributed by atoms with E-state index in [2.05, 4.69) is 41.6 Å². The highest BCUT2D eigenvalue weighted by Gasteiger charge is 2.29. The van der Waals surface area contributed by atoms with Crippen molar-refractivity contribution in [1.29, 1.82) is 0 Å². The van der Waals surface area contributed by atoms with Crippen molar-refractivity contribution in [3.63, 3.8) is 0 Å². The van der Waals surface area contributed by atoms with Crippen molar-refractivity contribution in [1.82, 2.24) is 4.98 Å². The molecule has 0 bridgehead atoms. The summed E-state index contributed by atoms with van der Waals surface area (Å²) in [7, 11) is 0. The summed E-state index contributed by atoms with van der Waals surface area (Å²) in [5, 5.41) is 10.5. The average molecular weight is 354 g/mol. The molecule has 24 heavy (non-hydrogen) atoms. The lowest BCUT2D eigenvalue weighted by Crippen LogP contribution is -2.18. The van der Waals surface area contributed by atoms with Gasteiger partial charge in [-0.1, -0.05) is 54.1 Å². The lowest BCUT2D eigenvalue weighted by atomic mass is 10.0. The molecule has 3 nitrogen and oxygen atoms in total. The fourth-order valence-electron chi connectivity index (χ4n) is 2.89. The van der Waals surface area contributed by atoms with Crippen LogP contribution in [0.15, 0.2) is 65.1 Å². The molecule has 0 saturated carbocycles. The van der Waals surface area contributed by atoms with E-state index < -0.39 is 0 Å². The number of halogens is 1. The molecule has 0 aliphatic carbocycles. The number of thiazole rings is 1. The van der Waals surface area contributed by atoms with E-state index >= 15 is 0 Å². The Morgan fingerprint density at radius 2 is 1.83 bits per heavy atom. The zero-order valence-electron chi connectivity index (χ0n) is 13.2. The minimum Gasteiger partial charge on any atom is -0.231 e. The van der Waals surface area contributed by atoms with E-state index in [1.165, 1.54) is 5.56 Å². The summed E-state index contributed by atoms with van der Waals surface area (Å²) in [6.45, 7) is 2.07. The van der Waals surface area contributed by atoms with E-state index in [0.29, 0.717) is 0 Å². The first kappa shape index (κ1) is 15.4. The summed E-state index contributed by atoms with van der Waals surface area (Å²) in [6, 6.07) is 18.5. The second-order valence-electron chi connectivity index (χ2n) is 5.83. The van der Waals surface area contributed by atoms with E-state index in [1.54, 1.807) is 11.3 Å². The molecule has 0 fully saturated rings. The monoisotopic (exact) mass is 353 g/mol. The Bertz CT molecular complexity index is 871. The number of nitrogens with zero attached hydrogens (tertiary/aromatic N) is 3. The van der Waals surface area contributed by atoms with Crippen LogP contribution in [0.4, 0.5) is 5.13 Å². The Balaban J connectivity index is 1.66. The molecule has 3 aromatic rings. The highest BCUT2D eigenvalue weighted by Crippen LogP contribution is 2.38. The van der Waals surface area contributed by atoms with Crippen molar-refractivity contribution in [2.24, 2.45) is 5.10 Å². The van der Waals surface area contributed by atoms with Gasteiger partial charge in [0.05, 0.1) is 11.7 Å². The minimum absolute atomic E-state index is 0.218. The Hall–Kier alpha value is -2.17. The van der Waals surface area contributed by atoms with E-state index in [9.17, 15) is 0 Å². The number of hydrogen-bond donors (Lipinski definition) is 0. The normalized spacial score (nSPS) is 17.2. The van der Waals surface area contributed by atoms with Crippen molar-refractivity contribution in [3.05, 3.63) is 70.6 Å². The van der Waals surface area contributed by atoms with Crippen LogP contribution in [-0.2, 0) is 0 Å². The highest BCUT2D eigenvalue weighted by molar-refractivity contribution is 7.14. The van der Waals surface area contributed by atoms with Gasteiger partial charge in [0, 0.05) is 28.1 Å². The zero-order chi connectivity index (χ0) is 16.5. The van der Waals surface area contributed by atoms with E-state index in [1.807, 2.05) is 30.3 Å². The van der Waals surface area contributed by atoms with Crippen LogP contribution in [0.1, 0.15) is 24.9 Å². The molecule has 0 amide bonds. The van der Waals surface area contributed by atoms with Crippen LogP contribution in [0, 0.1) is 0 Å². The van der Waals surface area contributed by atoms with E-state index in [-0.39, 0.29) is 6.04 Å². The number of hydrazone groups is 1. The third kappa shape index (κ3) is 2.95. The van der Waals surface area contributed by atoms with Crippen LogP contribution in [0.25, 0.3) is 11.3 Å². The van der Waals surface area contributed by atoms with Crippen molar-refractivity contribution in [2.45, 2.75) is 19.4 Å². The maximum absolute atomic E-state index is 5.97. The van der Waals surface area contributed by atoms with Crippen LogP contribution in [0.2, 0.25) is 5.02 Å². The van der Waals surface area contributed by atoms with Crippen molar-refractivity contribution in [3.8, 4) is 11.3 Å². The molecule has 5 heteroatoms. The number of benzene rings is 2. The average Bonchev–Trinajstić information content (AvgIpc) is 3.23. The second-order valence-corrected chi connectivity index (χ2v) is 7.11. The van der Waals surface area contributed by atoms with Crippen molar-refractivity contribution < 1.29 is 0 Å². The van der Waals surface area contributed by atoms with Gasteiger partial charge in [-0.25, -0.2) is 9.99 Å². The molecular weight excluding hydrogens is 338 g/mol. The van der Waals surface area contributed by atoms with Crippen molar-refractivity contribution in [2.75, 3.05) is 5.01 Å². The molecule has 1 atom stereocenters. The zero-order valence-corrected chi connectivity index (χ0v) is 14.8. The van der Waals surface area contributed by atoms with Crippen LogP contribution < -0.4 is 5.01 Å². The maximum Gasteiger partial charge on any atom is 0.207 e. The predicted molar refractivity (Wildman–Crippen MR) is 102 cm³/mol. The topological polar surface area (TPSA) is 28.5 Å². The Morgan fingerprint density at radius 3 is 2.58 bits per heavy atom. The second kappa shape index (κ2) is 6.38. The lowest BCUT2D eigenvalue weighted by molar-refractivity contribution is 0.706. The van der Waals surface area contributed by atoms with E-state index in [0.717, 1.165) is 33.5 Å². The molecule has 2 aromatic carbocycles. The summed E-state index contributed by atoms with van der Waals surface area (Å²) in [4.78, 5) is 4.80. The molecule has 120 valence electrons. The summed E-state index contributed by atoms with van der Waals surface area (Å²) in [6.07, 6.45) is 0.930. The third-order valence-electron chi connectivity index (χ3n) is 4.07. The standard InChI is InChI=1S/C19H16ClN3S/c1-13-11-18(15-5-3-2-4-6-15)23(22-13)19-21-17(12-24-19)14-7-9-16(20)10-8-14/h2-10,12,18H,11H2,1H3. The fraction of sp³-hybridized carbons (Fsp3) is 0.158. The Morgan fingerprint density at radius 1 is 1.08 bits per heavy atom. The van der Waals surface area contributed by atoms with E-state index in [4.69, 9.17) is 21.7 Å². The summed E-state index contributed by atoms with van der Waals surface area (Å²) in [5.41, 5.74) is 4.42. The molecule has 0 N–H and O–H groups in total. The van der Waals surface area contributed by atoms with Gasteiger partial charge in [0.15, 0.2) is 0 Å². The third-order valence-corrected chi connectivity index (χ3v) is 5.16. The fourth-order valence-corrected chi connectivity index (χ4v) is 3.85. The summed E-state index contributed by atoms with van der Waals surface area (Å²) >= 11 is 7.59. The highest BCUT2D eigenvalue weighted by atomic mass is 35.5. The smallest absolute Gasteiger partial charge is 0.207 e. The van der Waals surface area contributed by atoms with Gasteiger partial charge in [0.2, 0.25) is 5.13 Å². The Kier molecular flexibility index (Phi) is 4.08. The largest absolute Gasteiger partial charge is 0.231 e. The van der Waals surface area contributed by atoms with Gasteiger partial charge in [-0.2, -0.15) is 5.10 Å². The van der Waals surface area contributed by atoms with Gasteiger partial charge < -0.3 is 0 Å². The predicted octanol–water partition coefficient (Wildman–Crippen LogP) is 5.79. The minimum atomic E-state index is 0.218. The molecule has 0 saturated heterocycles. The molecule has 2 heterocycles. The van der Waals surface area contributed by atoms with Crippen LogP contribution in [0.5, 0.6) is 0 Å². The van der Waals surface area contributed by atoms with Gasteiger partial charge in [0.1, 0.15) is 0 Å². The molecule has 1 aliphatic heterocycles. The number of rotatable bonds is 3.